The van der Waals surface area contributed by atoms with E-state index in [0.29, 0.717) is 77.8 Å². The number of likely N-dealkylation sites (N-methyl/N-ethyl adjacent to an activating group) is 1. The van der Waals surface area contributed by atoms with Crippen molar-refractivity contribution in [1.29, 1.82) is 0 Å². The number of amides is 1. The summed E-state index contributed by atoms with van der Waals surface area (Å²) in [7, 11) is 5.09. The molecule has 29 heteroatoms. The summed E-state index contributed by atoms with van der Waals surface area (Å²) in [6.07, 6.45) is 7.23. The maximum absolute atomic E-state index is 12.0. The van der Waals surface area contributed by atoms with Crippen LogP contribution in [0.5, 0.6) is 23.0 Å². The highest BCUT2D eigenvalue weighted by Gasteiger charge is 2.19. The molecule has 1 amide bonds. The summed E-state index contributed by atoms with van der Waals surface area (Å²) < 4.78 is 30.2. The van der Waals surface area contributed by atoms with Gasteiger partial charge in [0.2, 0.25) is 5.91 Å². The van der Waals surface area contributed by atoms with Gasteiger partial charge in [0.15, 0.2) is 0 Å². The van der Waals surface area contributed by atoms with E-state index >= 15 is 0 Å². The van der Waals surface area contributed by atoms with Crippen molar-refractivity contribution in [3.05, 3.63) is 318 Å². The zero-order valence-corrected chi connectivity index (χ0v) is 65.5. The molecule has 600 valence electrons. The van der Waals surface area contributed by atoms with Crippen molar-refractivity contribution in [3.8, 4) is 79.1 Å². The van der Waals surface area contributed by atoms with Crippen molar-refractivity contribution < 1.29 is 43.6 Å². The third kappa shape index (κ3) is 21.5. The number of carbonyl (C=O) groups is 1. The van der Waals surface area contributed by atoms with Crippen molar-refractivity contribution in [1.82, 2.24) is 43.5 Å². The predicted molar refractivity (Wildman–Crippen MR) is 478 cm³/mol. The van der Waals surface area contributed by atoms with Crippen LogP contribution in [0.15, 0.2) is 272 Å². The first kappa shape index (κ1) is 90.0. The first-order valence-corrected chi connectivity index (χ1v) is 36.9. The Morgan fingerprint density at radius 2 is 0.786 bits per heavy atom. The van der Waals surface area contributed by atoms with Crippen LogP contribution in [0.4, 0.5) is 17.1 Å². The van der Waals surface area contributed by atoms with Crippen molar-refractivity contribution in [2.45, 2.75) is 43.1 Å². The van der Waals surface area contributed by atoms with E-state index in [1.165, 1.54) is 30.3 Å². The van der Waals surface area contributed by atoms with Crippen LogP contribution in [0.25, 0.3) is 100 Å². The smallest absolute Gasteiger partial charge is 0.488 e. The van der Waals surface area contributed by atoms with Gasteiger partial charge >= 0.3 is 7.12 Å². The molecule has 0 saturated carbocycles. The van der Waals surface area contributed by atoms with Crippen LogP contribution in [-0.2, 0) is 11.2 Å². The number of rotatable bonds is 17. The van der Waals surface area contributed by atoms with Gasteiger partial charge in [-0.3, -0.25) is 43.3 Å². The molecular weight excluding hydrogens is 1630 g/mol. The molecular formula is C88H84BBrCl4N12O11. The quantitative estimate of drug-likeness (QED) is 0.0285. The number of halogens is 5. The van der Waals surface area contributed by atoms with Gasteiger partial charge in [-0.1, -0.05) is 131 Å². The van der Waals surface area contributed by atoms with Gasteiger partial charge in [-0.05, 0) is 214 Å². The number of hydrogen-bond donors (Lipinski definition) is 4. The number of anilines is 1. The van der Waals surface area contributed by atoms with Crippen LogP contribution in [0.3, 0.4) is 0 Å². The van der Waals surface area contributed by atoms with Crippen LogP contribution in [0.1, 0.15) is 42.2 Å². The third-order valence-electron chi connectivity index (χ3n) is 17.8. The van der Waals surface area contributed by atoms with Gasteiger partial charge in [0.25, 0.3) is 11.4 Å². The third-order valence-corrected chi connectivity index (χ3v) is 19.3. The first-order chi connectivity index (χ1) is 54.6. The zero-order valence-electron chi connectivity index (χ0n) is 60.9. The lowest BCUT2D eigenvalue weighted by Gasteiger charge is -2.13. The number of imidazole rings is 4. The maximum atomic E-state index is 12.0. The van der Waals surface area contributed by atoms with Gasteiger partial charge in [0.05, 0.1) is 93.3 Å². The van der Waals surface area contributed by atoms with E-state index in [1.54, 1.807) is 88.6 Å². The number of nitro benzene ring substituents is 2. The normalized spacial score (nSPS) is 10.4. The number of nitrogens with one attached hydrogen (secondary N) is 1. The zero-order chi connectivity index (χ0) is 80.0. The number of nitrogens with two attached hydrogens (primary N) is 1. The Bertz CT molecular complexity index is 6180. The molecule has 23 nitrogen and oxygen atoms in total. The largest absolute Gasteiger partial charge is 0.496 e. The van der Waals surface area contributed by atoms with Gasteiger partial charge in [0, 0.05) is 96.0 Å². The van der Waals surface area contributed by atoms with E-state index < -0.39 is 17.0 Å². The summed E-state index contributed by atoms with van der Waals surface area (Å²) >= 11 is 27.5. The van der Waals surface area contributed by atoms with E-state index in [1.807, 2.05) is 190 Å². The number of hydrogen-bond acceptors (Lipinski definition) is 16. The van der Waals surface area contributed by atoms with Gasteiger partial charge in [-0.15, -0.1) is 0 Å². The molecule has 0 unspecified atom stereocenters. The van der Waals surface area contributed by atoms with Crippen LogP contribution >= 0.6 is 62.3 Å². The van der Waals surface area contributed by atoms with Gasteiger partial charge in [-0.2, -0.15) is 0 Å². The standard InChI is InChI=1S/C24H22ClN3O2.C20H14ClN3O3.C20H16ClN3O.C14H10BrN3O3.C6H6BClO2.4CH4/c1-3-26-24(29)12-16-7-9-21-22(11-16)28(15-27-21)19-8-10-23(30-2)20(14-19)17-5-4-6-18(25)13-17;1-27-20-8-6-15(10-17(20)13-3-2-4-14(21)9-13)23-12-22-18-7-5-16(24(25)26)11-19(18)23;1-25-20-8-6-16(11-17(20)13-3-2-4-14(21)9-13)24-12-23-18-7-5-15(22)10-19(18)24;1-21-14-5-3-9(6-11(14)15)17-8-16-12-4-2-10(18(19)20)7-13(12)17;8-6-3-1-2-5(4-6)7(9)10;;;;/h4-11,13-15H,3,12H2,1-2H3,(H,26,29);2-12H,1H3;2-12H,22H2,1H3;2-8H,1H3;1-4,9-10H;4*1H4. The van der Waals surface area contributed by atoms with E-state index in [4.69, 9.17) is 81.1 Å². The van der Waals surface area contributed by atoms with E-state index in [9.17, 15) is 25.0 Å². The van der Waals surface area contributed by atoms with Crippen LogP contribution in [-0.4, -0.2) is 106 Å². The second kappa shape index (κ2) is 41.1. The lowest BCUT2D eigenvalue weighted by Crippen LogP contribution is -2.29. The van der Waals surface area contributed by atoms with Gasteiger partial charge in [0.1, 0.15) is 48.3 Å². The molecule has 0 radical (unpaired) electrons. The number of fused-ring (bicyclic) bond motifs is 4. The minimum absolute atomic E-state index is 0. The molecule has 0 saturated heterocycles. The van der Waals surface area contributed by atoms with Crippen molar-refractivity contribution in [2.75, 3.05) is 40.7 Å². The molecule has 16 aromatic rings. The summed E-state index contributed by atoms with van der Waals surface area (Å²) in [5, 5.41) is 44.6. The minimum Gasteiger partial charge on any atom is -0.496 e. The number of methoxy groups -OCH3 is 4. The fraction of sp³-hybridized carbons (Fsp3) is 0.125. The molecule has 0 fully saturated rings. The SMILES string of the molecule is C.C.C.C.CCNC(=O)Cc1ccc2ncn(-c3ccc(OC)c(-c4cccc(Cl)c4)c3)c2c1.COc1ccc(-n2cnc3ccc(N)cc32)cc1-c1cccc(Cl)c1.COc1ccc(-n2cnc3ccc([N+](=O)[O-])cc32)cc1-c1cccc(Cl)c1.COc1ccc(-n2cnc3ccc([N+](=O)[O-])cc32)cc1Br.OB(O)c1cccc(Cl)c1. The Morgan fingerprint density at radius 1 is 0.444 bits per heavy atom. The number of carbonyl (C=O) groups excluding carboxylic acids is 1. The molecule has 4 aromatic heterocycles. The Morgan fingerprint density at radius 3 is 1.13 bits per heavy atom. The summed E-state index contributed by atoms with van der Waals surface area (Å²) in [4.78, 5) is 50.7. The topological polar surface area (TPSA) is 290 Å². The molecule has 5 N–H and O–H groups in total. The van der Waals surface area contributed by atoms with Gasteiger partial charge in [-0.25, -0.2) is 19.9 Å². The van der Waals surface area contributed by atoms with Crippen molar-refractivity contribution in [3.63, 3.8) is 0 Å². The van der Waals surface area contributed by atoms with Gasteiger partial charge < -0.3 is 40.0 Å². The highest BCUT2D eigenvalue weighted by molar-refractivity contribution is 9.10. The molecule has 4 heterocycles. The van der Waals surface area contributed by atoms with E-state index in [-0.39, 0.29) is 47.0 Å². The average molecular weight is 1720 g/mol. The Labute approximate surface area is 705 Å². The molecule has 0 aliphatic carbocycles. The van der Waals surface area contributed by atoms with E-state index in [2.05, 4.69) is 53.3 Å². The Hall–Kier alpha value is -12.6. The summed E-state index contributed by atoms with van der Waals surface area (Å²) in [6.45, 7) is 2.54. The number of nitrogen functional groups attached to an aromatic ring is 1. The molecule has 0 aliphatic heterocycles. The minimum atomic E-state index is -1.43. The Kier molecular flexibility index (Phi) is 31.6. The second-order valence-electron chi connectivity index (χ2n) is 25.0. The fourth-order valence-electron chi connectivity index (χ4n) is 12.3. The lowest BCUT2D eigenvalue weighted by atomic mass is 9.81. The van der Waals surface area contributed by atoms with Crippen LogP contribution < -0.4 is 35.5 Å². The molecule has 0 aliphatic rings. The maximum Gasteiger partial charge on any atom is 0.488 e. The molecule has 0 bridgehead atoms. The lowest BCUT2D eigenvalue weighted by molar-refractivity contribution is -0.384. The number of nitrogens with zero attached hydrogens (tertiary/aromatic N) is 10. The fourth-order valence-corrected chi connectivity index (χ4v) is 13.6. The number of nitro groups is 2. The number of benzene rings is 12. The number of non-ortho nitro benzene ring substituents is 2. The Balaban J connectivity index is 0.000000186. The average Bonchev–Trinajstić information content (AvgIpc) is 1.72. The number of ether oxygens (including phenoxy) is 4. The van der Waals surface area contributed by atoms with Crippen molar-refractivity contribution >= 4 is 142 Å². The highest BCUT2D eigenvalue weighted by Crippen LogP contribution is 2.39. The summed E-state index contributed by atoms with van der Waals surface area (Å²) in [5.41, 5.74) is 23.7. The highest BCUT2D eigenvalue weighted by atomic mass is 79.9. The number of aromatic nitrogens is 8. The molecule has 12 aromatic carbocycles. The van der Waals surface area contributed by atoms with E-state index in [0.717, 1.165) is 99.7 Å². The first-order valence-electron chi connectivity index (χ1n) is 34.6. The molecule has 0 atom stereocenters. The molecule has 117 heavy (non-hydrogen) atoms. The van der Waals surface area contributed by atoms with Crippen LogP contribution in [0, 0.1) is 20.2 Å². The predicted octanol–water partition coefficient (Wildman–Crippen LogP) is 21.5. The summed E-state index contributed by atoms with van der Waals surface area (Å²) in [6, 6.07) is 73.4. The second-order valence-corrected chi connectivity index (χ2v) is 27.6. The molecule has 16 rings (SSSR count). The molecule has 0 spiro atoms. The summed E-state index contributed by atoms with van der Waals surface area (Å²) in [5.74, 6) is 2.98. The monoisotopic (exact) mass is 1710 g/mol. The van der Waals surface area contributed by atoms with Crippen molar-refractivity contribution in [2.24, 2.45) is 0 Å². The van der Waals surface area contributed by atoms with Crippen LogP contribution in [0.2, 0.25) is 20.1 Å².